The number of rotatable bonds is 20. The molecule has 0 bridgehead atoms. The highest BCUT2D eigenvalue weighted by atomic mass is 16.6. The molecule has 0 unspecified atom stereocenters. The Kier molecular flexibility index (Phi) is 21.7. The van der Waals surface area contributed by atoms with Gasteiger partial charge in [-0.15, -0.1) is 0 Å². The molecule has 13 N–H and O–H groups in total. The number of nitrogens with zero attached hydrogens (tertiary/aromatic N) is 2. The van der Waals surface area contributed by atoms with Gasteiger partial charge in [0.25, 0.3) is 0 Å². The maximum Gasteiger partial charge on any atom is 0.306 e. The van der Waals surface area contributed by atoms with E-state index in [2.05, 4.69) is 0 Å². The van der Waals surface area contributed by atoms with E-state index in [1.54, 1.807) is 4.90 Å². The number of likely N-dealkylation sites (tertiary alicyclic amines) is 1. The molecule has 338 valence electrons. The second kappa shape index (κ2) is 24.8. The standard InChI is InChI=1S/C39H60N2O16.2H2O/c42-21-27-35(51)37(53)33(49)25(56-27)11-16-40(17-12-26-34(50)38(54)36(52)28(22-43)57-26)30(45)10-13-39(20-31(46)47)14-18-41(19-15-39)29(44)8-4-5-9-32(48)55-23-24-6-2-1-3-7-24;;/h1-3,6-7,25-28,33-38,42-43,49-54H,4-5,8-23H2,(H,46,47);2*1H2/t25-,26-,27-,28-,33-,34-,35-,36-,37-,38-;;/m1../s1. The fourth-order valence-electron chi connectivity index (χ4n) is 7.87. The summed E-state index contributed by atoms with van der Waals surface area (Å²) in [7, 11) is 0. The van der Waals surface area contributed by atoms with Crippen molar-refractivity contribution in [2.75, 3.05) is 39.4 Å². The van der Waals surface area contributed by atoms with E-state index in [0.717, 1.165) is 5.56 Å². The molecule has 0 aliphatic carbocycles. The number of carboxylic acids is 1. The molecular weight excluding hydrogens is 784 g/mol. The number of esters is 1. The molecule has 2 amide bonds. The Morgan fingerprint density at radius 3 is 1.69 bits per heavy atom. The highest BCUT2D eigenvalue weighted by molar-refractivity contribution is 5.77. The third kappa shape index (κ3) is 14.6. The van der Waals surface area contributed by atoms with E-state index in [9.17, 15) is 65.1 Å². The summed E-state index contributed by atoms with van der Waals surface area (Å²) >= 11 is 0. The van der Waals surface area contributed by atoms with Crippen LogP contribution in [0.3, 0.4) is 0 Å². The van der Waals surface area contributed by atoms with E-state index in [4.69, 9.17) is 14.2 Å². The average molecular weight is 849 g/mol. The Morgan fingerprint density at radius 1 is 0.712 bits per heavy atom. The van der Waals surface area contributed by atoms with Crippen molar-refractivity contribution >= 4 is 23.8 Å². The number of piperidine rings is 1. The Bertz CT molecular complexity index is 1390. The number of aliphatic carboxylic acids is 1. The maximum atomic E-state index is 13.9. The van der Waals surface area contributed by atoms with Crippen LogP contribution in [0.25, 0.3) is 0 Å². The van der Waals surface area contributed by atoms with Crippen molar-refractivity contribution in [2.24, 2.45) is 5.41 Å². The molecule has 1 aromatic carbocycles. The molecule has 59 heavy (non-hydrogen) atoms. The highest BCUT2D eigenvalue weighted by Crippen LogP contribution is 2.40. The molecule has 0 aromatic heterocycles. The minimum Gasteiger partial charge on any atom is -0.481 e. The zero-order valence-electron chi connectivity index (χ0n) is 33.2. The van der Waals surface area contributed by atoms with Gasteiger partial charge in [-0.1, -0.05) is 30.3 Å². The van der Waals surface area contributed by atoms with Crippen LogP contribution in [-0.4, -0.2) is 191 Å². The number of unbranched alkanes of at least 4 members (excludes halogenated alkanes) is 1. The second-order valence-corrected chi connectivity index (χ2v) is 15.5. The Labute approximate surface area is 342 Å². The number of aliphatic hydroxyl groups excluding tert-OH is 8. The predicted octanol–water partition coefficient (Wildman–Crippen LogP) is -3.20. The number of hydrogen-bond acceptors (Lipinski definition) is 15. The Balaban J connectivity index is 0.00000600. The molecule has 0 saturated carbocycles. The fraction of sp³-hybridized carbons (Fsp3) is 0.744. The largest absolute Gasteiger partial charge is 0.481 e. The van der Waals surface area contributed by atoms with Gasteiger partial charge >= 0.3 is 11.9 Å². The lowest BCUT2D eigenvalue weighted by molar-refractivity contribution is -0.232. The number of carbonyl (C=O) groups excluding carboxylic acids is 3. The molecule has 1 aromatic rings. The number of benzene rings is 1. The van der Waals surface area contributed by atoms with Gasteiger partial charge < -0.3 is 80.9 Å². The molecule has 3 fully saturated rings. The summed E-state index contributed by atoms with van der Waals surface area (Å²) in [5.74, 6) is -1.93. The van der Waals surface area contributed by atoms with Gasteiger partial charge in [0.15, 0.2) is 0 Å². The molecule has 20 heteroatoms. The summed E-state index contributed by atoms with van der Waals surface area (Å²) < 4.78 is 16.5. The van der Waals surface area contributed by atoms with E-state index >= 15 is 0 Å². The normalized spacial score (nSPS) is 29.1. The molecular formula is C39H64N2O18. The van der Waals surface area contributed by atoms with Crippen LogP contribution in [0, 0.1) is 5.41 Å². The van der Waals surface area contributed by atoms with E-state index < -0.39 is 91.5 Å². The van der Waals surface area contributed by atoms with Gasteiger partial charge in [0, 0.05) is 45.4 Å². The molecule has 3 saturated heterocycles. The summed E-state index contributed by atoms with van der Waals surface area (Å²) in [4.78, 5) is 54.2. The number of carboxylic acid groups (broad SMARTS) is 1. The zero-order chi connectivity index (χ0) is 41.7. The minimum atomic E-state index is -1.62. The van der Waals surface area contributed by atoms with Crippen LogP contribution in [0.4, 0.5) is 0 Å². The van der Waals surface area contributed by atoms with Crippen LogP contribution < -0.4 is 0 Å². The SMILES string of the molecule is O.O.O=C(O)CC1(CCC(=O)N(CC[C@H]2O[C@H](CO)[C@@H](O)[C@H](O)[C@@H]2O)CC[C@H]2O[C@H](CO)[C@@H](O)[C@H](O)[C@@H]2O)CCN(C(=O)CCCCC(=O)OCc2ccccc2)CC1. The second-order valence-electron chi connectivity index (χ2n) is 15.5. The van der Waals surface area contributed by atoms with Gasteiger partial charge in [-0.25, -0.2) is 0 Å². The van der Waals surface area contributed by atoms with E-state index in [1.165, 1.54) is 4.90 Å². The van der Waals surface area contributed by atoms with Crippen molar-refractivity contribution < 1.29 is 90.3 Å². The Hall–Kier alpha value is -3.38. The minimum absolute atomic E-state index is 0. The van der Waals surface area contributed by atoms with Gasteiger partial charge in [0.1, 0.15) is 55.4 Å². The number of hydrogen-bond donors (Lipinski definition) is 9. The number of aliphatic hydroxyl groups is 8. The van der Waals surface area contributed by atoms with Crippen molar-refractivity contribution in [1.82, 2.24) is 9.80 Å². The highest BCUT2D eigenvalue weighted by Gasteiger charge is 2.45. The monoisotopic (exact) mass is 848 g/mol. The molecule has 0 spiro atoms. The van der Waals surface area contributed by atoms with Crippen LogP contribution in [0.1, 0.15) is 76.2 Å². The lowest BCUT2D eigenvalue weighted by atomic mass is 9.72. The zero-order valence-corrected chi connectivity index (χ0v) is 33.2. The van der Waals surface area contributed by atoms with Crippen LogP contribution in [0.2, 0.25) is 0 Å². The molecule has 3 heterocycles. The van der Waals surface area contributed by atoms with Crippen molar-refractivity contribution in [3.63, 3.8) is 0 Å². The third-order valence-corrected chi connectivity index (χ3v) is 11.5. The number of amides is 2. The maximum absolute atomic E-state index is 13.9. The predicted molar refractivity (Wildman–Crippen MR) is 205 cm³/mol. The lowest BCUT2D eigenvalue weighted by Gasteiger charge is -2.42. The number of carbonyl (C=O) groups is 4. The number of ether oxygens (including phenoxy) is 3. The molecule has 20 nitrogen and oxygen atoms in total. The van der Waals surface area contributed by atoms with Gasteiger partial charge in [-0.3, -0.25) is 19.2 Å². The van der Waals surface area contributed by atoms with Gasteiger partial charge in [0.05, 0.1) is 31.8 Å². The third-order valence-electron chi connectivity index (χ3n) is 11.5. The van der Waals surface area contributed by atoms with E-state index in [1.807, 2.05) is 30.3 Å². The Morgan fingerprint density at radius 2 is 1.20 bits per heavy atom. The summed E-state index contributed by atoms with van der Waals surface area (Å²) in [6.07, 6.45) is -12.2. The van der Waals surface area contributed by atoms with Crippen LogP contribution in [-0.2, 0) is 40.0 Å². The van der Waals surface area contributed by atoms with Gasteiger partial charge in [0.2, 0.25) is 11.8 Å². The first-order chi connectivity index (χ1) is 27.2. The van der Waals surface area contributed by atoms with Crippen LogP contribution in [0.5, 0.6) is 0 Å². The van der Waals surface area contributed by atoms with Crippen LogP contribution >= 0.6 is 0 Å². The molecule has 4 rings (SSSR count). The summed E-state index contributed by atoms with van der Waals surface area (Å²) in [5, 5.41) is 91.2. The lowest BCUT2D eigenvalue weighted by Crippen LogP contribution is -2.59. The van der Waals surface area contributed by atoms with Crippen molar-refractivity contribution in [1.29, 1.82) is 0 Å². The molecule has 3 aliphatic heterocycles. The fourth-order valence-corrected chi connectivity index (χ4v) is 7.87. The quantitative estimate of drug-likeness (QED) is 0.0461. The first-order valence-electron chi connectivity index (χ1n) is 19.8. The van der Waals surface area contributed by atoms with Crippen molar-refractivity contribution in [3.8, 4) is 0 Å². The molecule has 3 aliphatic rings. The van der Waals surface area contributed by atoms with Crippen molar-refractivity contribution in [2.45, 2.75) is 138 Å². The molecule has 10 atom stereocenters. The summed E-state index contributed by atoms with van der Waals surface area (Å²) in [6, 6.07) is 9.30. The summed E-state index contributed by atoms with van der Waals surface area (Å²) in [6.45, 7) is -0.660. The average Bonchev–Trinajstić information content (AvgIpc) is 3.20. The first kappa shape index (κ1) is 51.8. The van der Waals surface area contributed by atoms with Crippen LogP contribution in [0.15, 0.2) is 30.3 Å². The molecule has 0 radical (unpaired) electrons. The van der Waals surface area contributed by atoms with E-state index in [-0.39, 0.29) is 101 Å². The van der Waals surface area contributed by atoms with Gasteiger partial charge in [-0.05, 0) is 55.9 Å². The van der Waals surface area contributed by atoms with E-state index in [0.29, 0.717) is 25.7 Å². The first-order valence-corrected chi connectivity index (χ1v) is 19.8. The summed E-state index contributed by atoms with van der Waals surface area (Å²) in [5.41, 5.74) is 0.0755. The van der Waals surface area contributed by atoms with Gasteiger partial charge in [-0.2, -0.15) is 0 Å². The topological polar surface area (TPSA) is 348 Å². The smallest absolute Gasteiger partial charge is 0.306 e. The van der Waals surface area contributed by atoms with Crippen molar-refractivity contribution in [3.05, 3.63) is 35.9 Å².